The molecule has 2 aromatic rings. The van der Waals surface area contributed by atoms with Crippen molar-refractivity contribution in [1.82, 2.24) is 4.98 Å². The van der Waals surface area contributed by atoms with Gasteiger partial charge in [-0.2, -0.15) is 0 Å². The minimum Gasteiger partial charge on any atom is -0.512 e. The number of nitrogens with zero attached hydrogens (tertiary/aromatic N) is 2. The molecule has 0 fully saturated rings. The first kappa shape index (κ1) is 22.9. The van der Waals surface area contributed by atoms with Gasteiger partial charge in [0.25, 0.3) is 0 Å². The molecule has 0 atom stereocenters. The SMILES string of the molecule is CC(=O)/C=C(/C)O.CN(C)c1ccnc(-c2[c-]cc(F)cc2F)c1.[Ir]. The van der Waals surface area contributed by atoms with Gasteiger partial charge in [-0.1, -0.05) is 17.7 Å². The van der Waals surface area contributed by atoms with Gasteiger partial charge in [-0.25, -0.2) is 0 Å². The average molecular weight is 526 g/mol. The quantitative estimate of drug-likeness (QED) is 0.375. The fourth-order valence-corrected chi connectivity index (χ4v) is 1.77. The average Bonchev–Trinajstić information content (AvgIpc) is 2.46. The third-order valence-corrected chi connectivity index (χ3v) is 2.79. The first-order chi connectivity index (χ1) is 11.2. The van der Waals surface area contributed by atoms with Gasteiger partial charge in [0.1, 0.15) is 0 Å². The molecule has 0 unspecified atom stereocenters. The van der Waals surface area contributed by atoms with Crippen molar-refractivity contribution < 1.29 is 38.8 Å². The second-order valence-corrected chi connectivity index (χ2v) is 5.23. The molecule has 4 nitrogen and oxygen atoms in total. The van der Waals surface area contributed by atoms with Crippen molar-refractivity contribution in [2.75, 3.05) is 19.0 Å². The normalized spacial score (nSPS) is 10.2. The summed E-state index contributed by atoms with van der Waals surface area (Å²) in [6.07, 6.45) is 2.75. The van der Waals surface area contributed by atoms with Crippen LogP contribution < -0.4 is 4.90 Å². The minimum atomic E-state index is -0.659. The zero-order valence-electron chi connectivity index (χ0n) is 14.3. The summed E-state index contributed by atoms with van der Waals surface area (Å²) in [5.74, 6) is -1.36. The van der Waals surface area contributed by atoms with Crippen molar-refractivity contribution in [3.63, 3.8) is 0 Å². The Kier molecular flexibility index (Phi) is 9.79. The summed E-state index contributed by atoms with van der Waals surface area (Å²) >= 11 is 0. The molecule has 137 valence electrons. The molecular formula is C18H19F2IrN2O2-. The number of hydrogen-bond acceptors (Lipinski definition) is 4. The van der Waals surface area contributed by atoms with Crippen LogP contribution in [0.4, 0.5) is 14.5 Å². The van der Waals surface area contributed by atoms with Crippen molar-refractivity contribution >= 4 is 11.5 Å². The van der Waals surface area contributed by atoms with Crippen molar-refractivity contribution in [1.29, 1.82) is 0 Å². The van der Waals surface area contributed by atoms with Crippen LogP contribution in [0.25, 0.3) is 11.3 Å². The number of anilines is 1. The molecule has 1 radical (unpaired) electrons. The van der Waals surface area contributed by atoms with Crippen LogP contribution in [-0.4, -0.2) is 30.0 Å². The number of rotatable bonds is 3. The summed E-state index contributed by atoms with van der Waals surface area (Å²) in [7, 11) is 3.76. The Bertz CT molecular complexity index is 746. The minimum absolute atomic E-state index is 0. The van der Waals surface area contributed by atoms with Gasteiger partial charge in [0.15, 0.2) is 5.78 Å². The summed E-state index contributed by atoms with van der Waals surface area (Å²) in [6, 6.07) is 8.02. The van der Waals surface area contributed by atoms with Crippen LogP contribution in [0, 0.1) is 17.7 Å². The van der Waals surface area contributed by atoms with Gasteiger partial charge in [0, 0.05) is 63.8 Å². The van der Waals surface area contributed by atoms with Crippen molar-refractivity contribution in [3.05, 3.63) is 60.0 Å². The molecule has 0 aliphatic heterocycles. The first-order valence-electron chi connectivity index (χ1n) is 7.09. The molecule has 25 heavy (non-hydrogen) atoms. The Hall–Kier alpha value is -2.11. The maximum atomic E-state index is 13.5. The predicted molar refractivity (Wildman–Crippen MR) is 89.8 cm³/mol. The van der Waals surface area contributed by atoms with Gasteiger partial charge in [-0.15, -0.1) is 12.1 Å². The van der Waals surface area contributed by atoms with E-state index in [4.69, 9.17) is 5.11 Å². The molecule has 0 saturated heterocycles. The van der Waals surface area contributed by atoms with Crippen molar-refractivity contribution in [2.45, 2.75) is 13.8 Å². The number of aromatic nitrogens is 1. The molecule has 1 N–H and O–H groups in total. The standard InChI is InChI=1S/C13H11F2N2.C5H8O2.Ir/c1-17(2)10-5-6-16-13(8-10)11-4-3-9(14)7-12(11)15;1-4(6)3-5(2)7;/h3,5-8H,1-2H3;3,6H,1-2H3;/q-1;;/b;4-3-;. The number of allylic oxidation sites excluding steroid dienone is 2. The third-order valence-electron chi connectivity index (χ3n) is 2.79. The van der Waals surface area contributed by atoms with E-state index in [0.29, 0.717) is 5.69 Å². The van der Waals surface area contributed by atoms with Crippen LogP contribution in [0.5, 0.6) is 0 Å². The van der Waals surface area contributed by atoms with Crippen LogP contribution in [0.15, 0.2) is 42.3 Å². The van der Waals surface area contributed by atoms with Crippen LogP contribution >= 0.6 is 0 Å². The predicted octanol–water partition coefficient (Wildman–Crippen LogP) is 3.93. The molecule has 0 spiro atoms. The summed E-state index contributed by atoms with van der Waals surface area (Å²) in [5, 5.41) is 8.36. The van der Waals surface area contributed by atoms with Crippen molar-refractivity contribution in [2.24, 2.45) is 0 Å². The number of carbonyl (C=O) groups excluding carboxylic acids is 1. The van der Waals surface area contributed by atoms with E-state index in [9.17, 15) is 13.6 Å². The number of carbonyl (C=O) groups is 1. The first-order valence-corrected chi connectivity index (χ1v) is 7.09. The van der Waals surface area contributed by atoms with E-state index in [2.05, 4.69) is 11.1 Å². The maximum Gasteiger partial charge on any atom is 0.155 e. The second-order valence-electron chi connectivity index (χ2n) is 5.23. The number of halogens is 2. The van der Waals surface area contributed by atoms with Crippen LogP contribution in [0.2, 0.25) is 0 Å². The van der Waals surface area contributed by atoms with Gasteiger partial charge < -0.3 is 15.0 Å². The Morgan fingerprint density at radius 2 is 1.92 bits per heavy atom. The Balaban J connectivity index is 0.000000620. The van der Waals surface area contributed by atoms with Crippen LogP contribution in [-0.2, 0) is 24.9 Å². The molecule has 0 bridgehead atoms. The number of hydrogen-bond donors (Lipinski definition) is 1. The van der Waals surface area contributed by atoms with Crippen LogP contribution in [0.1, 0.15) is 13.8 Å². The number of ketones is 1. The summed E-state index contributed by atoms with van der Waals surface area (Å²) in [4.78, 5) is 16.0. The van der Waals surface area contributed by atoms with E-state index in [1.165, 1.54) is 19.9 Å². The smallest absolute Gasteiger partial charge is 0.155 e. The van der Waals surface area contributed by atoms with Gasteiger partial charge in [-0.3, -0.25) is 13.6 Å². The number of aliphatic hydroxyl groups is 1. The van der Waals surface area contributed by atoms with E-state index in [1.807, 2.05) is 25.1 Å². The summed E-state index contributed by atoms with van der Waals surface area (Å²) < 4.78 is 26.3. The zero-order valence-corrected chi connectivity index (χ0v) is 16.7. The molecule has 0 aliphatic rings. The molecule has 0 amide bonds. The third kappa shape index (κ3) is 8.01. The fourth-order valence-electron chi connectivity index (χ4n) is 1.77. The molecule has 0 saturated carbocycles. The number of pyridine rings is 1. The number of aliphatic hydroxyl groups excluding tert-OH is 1. The molecule has 1 aromatic heterocycles. The van der Waals surface area contributed by atoms with Gasteiger partial charge >= 0.3 is 0 Å². The molecular weight excluding hydrogens is 506 g/mol. The Morgan fingerprint density at radius 3 is 2.36 bits per heavy atom. The maximum absolute atomic E-state index is 13.5. The zero-order chi connectivity index (χ0) is 18.3. The van der Waals surface area contributed by atoms with Crippen LogP contribution in [0.3, 0.4) is 0 Å². The van der Waals surface area contributed by atoms with E-state index in [-0.39, 0.29) is 37.2 Å². The Morgan fingerprint density at radius 1 is 1.28 bits per heavy atom. The van der Waals surface area contributed by atoms with E-state index in [0.717, 1.165) is 17.8 Å². The Labute approximate surface area is 159 Å². The van der Waals surface area contributed by atoms with Gasteiger partial charge in [0.2, 0.25) is 0 Å². The fraction of sp³-hybridized carbons (Fsp3) is 0.222. The molecule has 1 aromatic carbocycles. The second kappa shape index (κ2) is 10.7. The summed E-state index contributed by atoms with van der Waals surface area (Å²) in [5.41, 5.74) is 1.51. The van der Waals surface area contributed by atoms with E-state index < -0.39 is 11.6 Å². The molecule has 0 aliphatic carbocycles. The molecule has 2 rings (SSSR count). The van der Waals surface area contributed by atoms with E-state index >= 15 is 0 Å². The topological polar surface area (TPSA) is 53.4 Å². The van der Waals surface area contributed by atoms with E-state index in [1.54, 1.807) is 12.3 Å². The monoisotopic (exact) mass is 526 g/mol. The van der Waals surface area contributed by atoms with Gasteiger partial charge in [-0.05, 0) is 25.6 Å². The van der Waals surface area contributed by atoms with Gasteiger partial charge in [0.05, 0.1) is 5.76 Å². The van der Waals surface area contributed by atoms with Crippen molar-refractivity contribution in [3.8, 4) is 11.3 Å². The summed E-state index contributed by atoms with van der Waals surface area (Å²) in [6.45, 7) is 2.85. The molecule has 7 heteroatoms. The molecule has 1 heterocycles. The number of benzene rings is 1. The largest absolute Gasteiger partial charge is 0.512 e.